The van der Waals surface area contributed by atoms with Gasteiger partial charge in [-0.1, -0.05) is 0 Å². The second-order valence-electron chi connectivity index (χ2n) is 4.44. The number of nitrogens with two attached hydrogens (primary N) is 1. The van der Waals surface area contributed by atoms with Crippen molar-refractivity contribution in [2.24, 2.45) is 5.73 Å². The van der Waals surface area contributed by atoms with E-state index in [0.717, 1.165) is 11.0 Å². The summed E-state index contributed by atoms with van der Waals surface area (Å²) in [5.41, 5.74) is 5.76. The SMILES string of the molecule is CC(C)(N)C[N+](C)(C)C.Cl.[Cl-]. The van der Waals surface area contributed by atoms with Crippen molar-refractivity contribution in [1.82, 2.24) is 0 Å². The number of quaternary nitrogens is 1. The van der Waals surface area contributed by atoms with E-state index in [4.69, 9.17) is 5.73 Å². The van der Waals surface area contributed by atoms with E-state index in [1.807, 2.05) is 0 Å². The maximum atomic E-state index is 5.81. The molecule has 0 aliphatic carbocycles. The van der Waals surface area contributed by atoms with Crippen LogP contribution in [0.5, 0.6) is 0 Å². The van der Waals surface area contributed by atoms with Crippen molar-refractivity contribution in [3.63, 3.8) is 0 Å². The van der Waals surface area contributed by atoms with E-state index in [1.165, 1.54) is 0 Å². The lowest BCUT2D eigenvalue weighted by Gasteiger charge is -2.31. The molecule has 0 aromatic carbocycles. The van der Waals surface area contributed by atoms with E-state index < -0.39 is 0 Å². The van der Waals surface area contributed by atoms with Gasteiger partial charge in [-0.05, 0) is 13.8 Å². The van der Waals surface area contributed by atoms with Crippen LogP contribution in [-0.4, -0.2) is 37.7 Å². The smallest absolute Gasteiger partial charge is 0.0957 e. The highest BCUT2D eigenvalue weighted by atomic mass is 35.5. The predicted octanol–water partition coefficient (Wildman–Crippen LogP) is -2.14. The van der Waals surface area contributed by atoms with Crippen molar-refractivity contribution >= 4 is 12.4 Å². The summed E-state index contributed by atoms with van der Waals surface area (Å²) in [4.78, 5) is 0. The number of likely N-dealkylation sites (N-methyl/N-ethyl adjacent to an activating group) is 1. The molecule has 0 rings (SSSR count). The standard InChI is InChI=1S/C7H19N2.2ClH/c1-7(2,8)6-9(3,4)5;;/h6,8H2,1-5H3;2*1H/q+1;;/p-1. The van der Waals surface area contributed by atoms with E-state index in [2.05, 4.69) is 35.0 Å². The lowest BCUT2D eigenvalue weighted by molar-refractivity contribution is -0.873. The van der Waals surface area contributed by atoms with Gasteiger partial charge in [0.05, 0.1) is 33.2 Å². The molecule has 0 aromatic rings. The molecule has 0 atom stereocenters. The third-order valence-corrected chi connectivity index (χ3v) is 0.882. The van der Waals surface area contributed by atoms with Crippen molar-refractivity contribution in [3.8, 4) is 0 Å². The maximum Gasteiger partial charge on any atom is 0.0957 e. The van der Waals surface area contributed by atoms with E-state index >= 15 is 0 Å². The summed E-state index contributed by atoms with van der Waals surface area (Å²) in [6.45, 7) is 5.11. The number of hydrogen-bond donors (Lipinski definition) is 1. The molecular weight excluding hydrogens is 183 g/mol. The Morgan fingerprint density at radius 1 is 1.18 bits per heavy atom. The molecular formula is C7H20Cl2N2. The lowest BCUT2D eigenvalue weighted by atomic mass is 10.1. The molecule has 0 saturated heterocycles. The van der Waals surface area contributed by atoms with Crippen LogP contribution in [0.2, 0.25) is 0 Å². The van der Waals surface area contributed by atoms with Gasteiger partial charge in [-0.2, -0.15) is 0 Å². The van der Waals surface area contributed by atoms with Gasteiger partial charge in [0.25, 0.3) is 0 Å². The first-order valence-electron chi connectivity index (χ1n) is 3.30. The van der Waals surface area contributed by atoms with Gasteiger partial charge >= 0.3 is 0 Å². The first kappa shape index (κ1) is 17.5. The maximum absolute atomic E-state index is 5.81. The first-order valence-corrected chi connectivity index (χ1v) is 3.30. The summed E-state index contributed by atoms with van der Waals surface area (Å²) >= 11 is 0. The number of halogens is 2. The van der Waals surface area contributed by atoms with Crippen LogP contribution in [0.25, 0.3) is 0 Å². The van der Waals surface area contributed by atoms with E-state index in [9.17, 15) is 0 Å². The molecule has 0 fully saturated rings. The fourth-order valence-electron chi connectivity index (χ4n) is 1.22. The molecule has 0 radical (unpaired) electrons. The minimum atomic E-state index is -0.0434. The summed E-state index contributed by atoms with van der Waals surface area (Å²) in [5, 5.41) is 0. The zero-order valence-electron chi connectivity index (χ0n) is 8.02. The molecule has 0 aliphatic heterocycles. The van der Waals surface area contributed by atoms with E-state index in [1.54, 1.807) is 0 Å². The highest BCUT2D eigenvalue weighted by Gasteiger charge is 2.20. The monoisotopic (exact) mass is 202 g/mol. The summed E-state index contributed by atoms with van der Waals surface area (Å²) in [7, 11) is 6.44. The summed E-state index contributed by atoms with van der Waals surface area (Å²) in [5.74, 6) is 0. The molecule has 2 nitrogen and oxygen atoms in total. The van der Waals surface area contributed by atoms with Crippen molar-refractivity contribution in [1.29, 1.82) is 0 Å². The number of nitrogens with zero attached hydrogens (tertiary/aromatic N) is 1. The van der Waals surface area contributed by atoms with Crippen LogP contribution >= 0.6 is 12.4 Å². The van der Waals surface area contributed by atoms with Gasteiger partial charge in [0.15, 0.2) is 0 Å². The Morgan fingerprint density at radius 2 is 1.45 bits per heavy atom. The Balaban J connectivity index is -0.000000320. The molecule has 0 saturated carbocycles. The largest absolute Gasteiger partial charge is 1.00 e. The van der Waals surface area contributed by atoms with Gasteiger partial charge in [0.1, 0.15) is 0 Å². The Labute approximate surface area is 82.5 Å². The van der Waals surface area contributed by atoms with Crippen molar-refractivity contribution < 1.29 is 16.9 Å². The number of hydrogen-bond acceptors (Lipinski definition) is 1. The molecule has 0 spiro atoms. The molecule has 0 unspecified atom stereocenters. The third-order valence-electron chi connectivity index (χ3n) is 0.882. The van der Waals surface area contributed by atoms with Crippen LogP contribution in [-0.2, 0) is 0 Å². The fourth-order valence-corrected chi connectivity index (χ4v) is 1.22. The van der Waals surface area contributed by atoms with Crippen LogP contribution in [0.1, 0.15) is 13.8 Å². The normalized spacial score (nSPS) is 11.5. The minimum Gasteiger partial charge on any atom is -1.00 e. The highest BCUT2D eigenvalue weighted by molar-refractivity contribution is 5.85. The van der Waals surface area contributed by atoms with Gasteiger partial charge in [-0.3, -0.25) is 0 Å². The zero-order chi connectivity index (χ0) is 7.71. The molecule has 72 valence electrons. The zero-order valence-corrected chi connectivity index (χ0v) is 9.59. The van der Waals surface area contributed by atoms with Crippen molar-refractivity contribution in [2.45, 2.75) is 19.4 Å². The Morgan fingerprint density at radius 3 is 1.45 bits per heavy atom. The van der Waals surface area contributed by atoms with Crippen LogP contribution in [0.15, 0.2) is 0 Å². The molecule has 0 aliphatic rings. The first-order chi connectivity index (χ1) is 3.71. The molecule has 11 heavy (non-hydrogen) atoms. The lowest BCUT2D eigenvalue weighted by Crippen LogP contribution is -3.00. The van der Waals surface area contributed by atoms with Crippen LogP contribution in [0.3, 0.4) is 0 Å². The van der Waals surface area contributed by atoms with Gasteiger partial charge in [0.2, 0.25) is 0 Å². The van der Waals surface area contributed by atoms with Gasteiger partial charge < -0.3 is 22.6 Å². The van der Waals surface area contributed by atoms with Crippen molar-refractivity contribution in [3.05, 3.63) is 0 Å². The molecule has 2 N–H and O–H groups in total. The topological polar surface area (TPSA) is 26.0 Å². The minimum absolute atomic E-state index is 0. The molecule has 0 aromatic heterocycles. The Bertz CT molecular complexity index is 79.6. The van der Waals surface area contributed by atoms with Gasteiger partial charge in [-0.25, -0.2) is 0 Å². The molecule has 0 bridgehead atoms. The van der Waals surface area contributed by atoms with Crippen LogP contribution in [0.4, 0.5) is 0 Å². The molecule has 0 amide bonds. The average molecular weight is 203 g/mol. The fraction of sp³-hybridized carbons (Fsp3) is 1.00. The highest BCUT2D eigenvalue weighted by Crippen LogP contribution is 2.02. The summed E-state index contributed by atoms with van der Waals surface area (Å²) in [6.07, 6.45) is 0. The quantitative estimate of drug-likeness (QED) is 0.509. The Hall–Kier alpha value is 0.500. The average Bonchev–Trinajstić information content (AvgIpc) is 1.14. The molecule has 4 heteroatoms. The van der Waals surface area contributed by atoms with Crippen molar-refractivity contribution in [2.75, 3.05) is 27.7 Å². The van der Waals surface area contributed by atoms with Gasteiger partial charge in [0, 0.05) is 0 Å². The molecule has 0 heterocycles. The van der Waals surface area contributed by atoms with Gasteiger partial charge in [-0.15, -0.1) is 12.4 Å². The Kier molecular flexibility index (Phi) is 8.29. The second-order valence-corrected chi connectivity index (χ2v) is 4.44. The third kappa shape index (κ3) is 18.0. The van der Waals surface area contributed by atoms with E-state index in [-0.39, 0.29) is 30.4 Å². The van der Waals surface area contributed by atoms with Crippen LogP contribution < -0.4 is 18.1 Å². The summed E-state index contributed by atoms with van der Waals surface area (Å²) in [6, 6.07) is 0. The second kappa shape index (κ2) is 5.20. The van der Waals surface area contributed by atoms with E-state index in [0.29, 0.717) is 0 Å². The predicted molar refractivity (Wildman–Crippen MR) is 48.4 cm³/mol. The van der Waals surface area contributed by atoms with Crippen LogP contribution in [0, 0.1) is 0 Å². The number of rotatable bonds is 2. The summed E-state index contributed by atoms with van der Waals surface area (Å²) < 4.78 is 0.934.